The van der Waals surface area contributed by atoms with E-state index in [0.29, 0.717) is 17.7 Å². The fourth-order valence-electron chi connectivity index (χ4n) is 1.34. The van der Waals surface area contributed by atoms with Crippen LogP contribution in [0.15, 0.2) is 24.3 Å². The second kappa shape index (κ2) is 6.01. The van der Waals surface area contributed by atoms with Crippen LogP contribution in [0.5, 0.6) is 5.75 Å². The van der Waals surface area contributed by atoms with Gasteiger partial charge in [0.25, 0.3) is 0 Å². The molecule has 0 fully saturated rings. The summed E-state index contributed by atoms with van der Waals surface area (Å²) in [5.74, 6) is 0.915. The maximum atomic E-state index is 11.5. The summed E-state index contributed by atoms with van der Waals surface area (Å²) < 4.78 is 5.54. The first-order chi connectivity index (χ1) is 8.36. The van der Waals surface area contributed by atoms with Crippen LogP contribution in [0.4, 0.5) is 0 Å². The molecule has 3 heteroatoms. The molecule has 0 bridgehead atoms. The molecule has 3 nitrogen and oxygen atoms in total. The van der Waals surface area contributed by atoms with Gasteiger partial charge in [0, 0.05) is 12.0 Å². The fraction of sp³-hybridized carbons (Fsp3) is 0.533. The summed E-state index contributed by atoms with van der Waals surface area (Å²) in [6.07, 6.45) is 0.502. The van der Waals surface area contributed by atoms with E-state index in [1.165, 1.54) is 0 Å². The lowest BCUT2D eigenvalue weighted by atomic mass is 9.94. The third kappa shape index (κ3) is 3.84. The molecule has 0 aromatic heterocycles. The smallest absolute Gasteiger partial charge is 0.162 e. The highest BCUT2D eigenvalue weighted by Crippen LogP contribution is 2.19. The van der Waals surface area contributed by atoms with E-state index in [0.717, 1.165) is 0 Å². The predicted molar refractivity (Wildman–Crippen MR) is 72.0 cm³/mol. The van der Waals surface area contributed by atoms with Crippen LogP contribution in [0.25, 0.3) is 0 Å². The number of ether oxygens (including phenoxy) is 1. The number of ketones is 1. The molecule has 1 atom stereocenters. The van der Waals surface area contributed by atoms with Crippen molar-refractivity contribution in [3.8, 4) is 5.75 Å². The van der Waals surface area contributed by atoms with Crippen molar-refractivity contribution in [1.29, 1.82) is 0 Å². The first-order valence-corrected chi connectivity index (χ1v) is 6.35. The Morgan fingerprint density at radius 3 is 2.33 bits per heavy atom. The minimum Gasteiger partial charge on any atom is -0.491 e. The first-order valence-electron chi connectivity index (χ1n) is 6.35. The van der Waals surface area contributed by atoms with Gasteiger partial charge in [-0.05, 0) is 37.1 Å². The molecule has 0 radical (unpaired) electrons. The number of hydrogen-bond acceptors (Lipinski definition) is 3. The molecular weight excluding hydrogens is 228 g/mol. The van der Waals surface area contributed by atoms with Gasteiger partial charge in [0.05, 0.1) is 5.60 Å². The highest BCUT2D eigenvalue weighted by atomic mass is 16.5. The first kappa shape index (κ1) is 14.7. The van der Waals surface area contributed by atoms with Gasteiger partial charge in [0.1, 0.15) is 12.4 Å². The van der Waals surface area contributed by atoms with Crippen molar-refractivity contribution in [3.63, 3.8) is 0 Å². The molecule has 0 aliphatic rings. The SMILES string of the molecule is CCC(=O)c1ccc(OCC(C)(O)C(C)C)cc1. The Morgan fingerprint density at radius 1 is 1.33 bits per heavy atom. The molecular formula is C15H22O3. The summed E-state index contributed by atoms with van der Waals surface area (Å²) in [5, 5.41) is 10.1. The topological polar surface area (TPSA) is 46.5 Å². The van der Waals surface area contributed by atoms with E-state index < -0.39 is 5.60 Å². The second-order valence-corrected chi connectivity index (χ2v) is 5.10. The van der Waals surface area contributed by atoms with Crippen molar-refractivity contribution in [1.82, 2.24) is 0 Å². The van der Waals surface area contributed by atoms with E-state index in [-0.39, 0.29) is 18.3 Å². The highest BCUT2D eigenvalue weighted by molar-refractivity contribution is 5.95. The van der Waals surface area contributed by atoms with Gasteiger partial charge in [-0.25, -0.2) is 0 Å². The maximum Gasteiger partial charge on any atom is 0.162 e. The molecule has 1 rings (SSSR count). The third-order valence-electron chi connectivity index (χ3n) is 3.27. The third-order valence-corrected chi connectivity index (χ3v) is 3.27. The van der Waals surface area contributed by atoms with Gasteiger partial charge in [0.2, 0.25) is 0 Å². The van der Waals surface area contributed by atoms with Gasteiger partial charge in [-0.1, -0.05) is 20.8 Å². The van der Waals surface area contributed by atoms with E-state index in [4.69, 9.17) is 4.74 Å². The van der Waals surface area contributed by atoms with E-state index in [9.17, 15) is 9.90 Å². The summed E-state index contributed by atoms with van der Waals surface area (Å²) in [7, 11) is 0. The van der Waals surface area contributed by atoms with Crippen LogP contribution in [-0.2, 0) is 0 Å². The van der Waals surface area contributed by atoms with E-state index in [1.807, 2.05) is 20.8 Å². The Labute approximate surface area is 109 Å². The average Bonchev–Trinajstić information content (AvgIpc) is 2.36. The number of rotatable bonds is 6. The van der Waals surface area contributed by atoms with Crippen LogP contribution in [0.3, 0.4) is 0 Å². The minimum absolute atomic E-state index is 0.121. The quantitative estimate of drug-likeness (QED) is 0.789. The normalized spacial score (nSPS) is 14.3. The van der Waals surface area contributed by atoms with Crippen LogP contribution in [0.1, 0.15) is 44.5 Å². The van der Waals surface area contributed by atoms with E-state index >= 15 is 0 Å². The van der Waals surface area contributed by atoms with Crippen molar-refractivity contribution in [2.45, 2.75) is 39.7 Å². The lowest BCUT2D eigenvalue weighted by molar-refractivity contribution is -0.0266. The molecule has 100 valence electrons. The zero-order valence-electron chi connectivity index (χ0n) is 11.6. The summed E-state index contributed by atoms with van der Waals surface area (Å²) in [6, 6.07) is 7.04. The number of benzene rings is 1. The monoisotopic (exact) mass is 250 g/mol. The predicted octanol–water partition coefficient (Wildman–Crippen LogP) is 3.07. The summed E-state index contributed by atoms with van der Waals surface area (Å²) in [6.45, 7) is 7.74. The molecule has 1 N–H and O–H groups in total. The molecule has 0 aliphatic carbocycles. The average molecular weight is 250 g/mol. The zero-order chi connectivity index (χ0) is 13.8. The molecule has 1 aromatic rings. The van der Waals surface area contributed by atoms with Gasteiger partial charge >= 0.3 is 0 Å². The molecule has 18 heavy (non-hydrogen) atoms. The number of carbonyl (C=O) groups excluding carboxylic acids is 1. The zero-order valence-corrected chi connectivity index (χ0v) is 11.6. The summed E-state index contributed by atoms with van der Waals surface area (Å²) in [5.41, 5.74) is -0.154. The summed E-state index contributed by atoms with van der Waals surface area (Å²) >= 11 is 0. The number of aliphatic hydroxyl groups is 1. The Kier molecular flexibility index (Phi) is 4.91. The van der Waals surface area contributed by atoms with Crippen molar-refractivity contribution in [3.05, 3.63) is 29.8 Å². The molecule has 0 saturated carbocycles. The van der Waals surface area contributed by atoms with Gasteiger partial charge < -0.3 is 9.84 Å². The molecule has 0 amide bonds. The number of hydrogen-bond donors (Lipinski definition) is 1. The van der Waals surface area contributed by atoms with Crippen LogP contribution in [0, 0.1) is 5.92 Å². The largest absolute Gasteiger partial charge is 0.491 e. The standard InChI is InChI=1S/C15H22O3/c1-5-14(16)12-6-8-13(9-7-12)18-10-15(4,17)11(2)3/h6-9,11,17H,5,10H2,1-4H3. The van der Waals surface area contributed by atoms with Crippen molar-refractivity contribution >= 4 is 5.78 Å². The van der Waals surface area contributed by atoms with Gasteiger partial charge in [0.15, 0.2) is 5.78 Å². The lowest BCUT2D eigenvalue weighted by Crippen LogP contribution is -2.37. The lowest BCUT2D eigenvalue weighted by Gasteiger charge is -2.27. The Morgan fingerprint density at radius 2 is 1.89 bits per heavy atom. The Bertz CT molecular complexity index is 391. The second-order valence-electron chi connectivity index (χ2n) is 5.10. The van der Waals surface area contributed by atoms with E-state index in [2.05, 4.69) is 0 Å². The van der Waals surface area contributed by atoms with E-state index in [1.54, 1.807) is 31.2 Å². The molecule has 1 aromatic carbocycles. The van der Waals surface area contributed by atoms with Gasteiger partial charge in [-0.15, -0.1) is 0 Å². The van der Waals surface area contributed by atoms with Crippen LogP contribution in [-0.4, -0.2) is 23.1 Å². The minimum atomic E-state index is -0.849. The van der Waals surface area contributed by atoms with Crippen molar-refractivity contribution in [2.75, 3.05) is 6.61 Å². The van der Waals surface area contributed by atoms with Crippen LogP contribution in [0.2, 0.25) is 0 Å². The Balaban J connectivity index is 2.62. The molecule has 1 unspecified atom stereocenters. The molecule has 0 aliphatic heterocycles. The van der Waals surface area contributed by atoms with Crippen molar-refractivity contribution in [2.24, 2.45) is 5.92 Å². The van der Waals surface area contributed by atoms with Gasteiger partial charge in [-0.2, -0.15) is 0 Å². The molecule has 0 saturated heterocycles. The fourth-order valence-corrected chi connectivity index (χ4v) is 1.34. The number of carbonyl (C=O) groups is 1. The van der Waals surface area contributed by atoms with Crippen molar-refractivity contribution < 1.29 is 14.6 Å². The van der Waals surface area contributed by atoms with Crippen LogP contribution < -0.4 is 4.74 Å². The highest BCUT2D eigenvalue weighted by Gasteiger charge is 2.25. The Hall–Kier alpha value is -1.35. The number of Topliss-reactive ketones (excluding diaryl/α,β-unsaturated/α-hetero) is 1. The maximum absolute atomic E-state index is 11.5. The van der Waals surface area contributed by atoms with Crippen LogP contribution >= 0.6 is 0 Å². The molecule has 0 spiro atoms. The summed E-state index contributed by atoms with van der Waals surface area (Å²) in [4.78, 5) is 11.5. The van der Waals surface area contributed by atoms with Gasteiger partial charge in [-0.3, -0.25) is 4.79 Å². The molecule has 0 heterocycles.